The number of carbonyl (C=O) groups is 1. The molecule has 1 atom stereocenters. The molecule has 0 saturated heterocycles. The predicted molar refractivity (Wildman–Crippen MR) is 137 cm³/mol. The molecule has 1 N–H and O–H groups in total. The molecule has 1 aliphatic heterocycles. The molecule has 0 bridgehead atoms. The van der Waals surface area contributed by atoms with Gasteiger partial charge in [0.05, 0.1) is 28.9 Å². The van der Waals surface area contributed by atoms with Gasteiger partial charge in [0, 0.05) is 0 Å². The van der Waals surface area contributed by atoms with E-state index >= 15 is 0 Å². The van der Waals surface area contributed by atoms with Crippen LogP contribution < -0.4 is 20.3 Å². The van der Waals surface area contributed by atoms with Crippen LogP contribution in [0.4, 0.5) is 0 Å². The van der Waals surface area contributed by atoms with Gasteiger partial charge in [0.15, 0.2) is 16.7 Å². The third-order valence-corrected chi connectivity index (χ3v) is 6.57. The molecule has 2 heterocycles. The average molecular weight is 488 g/mol. The van der Waals surface area contributed by atoms with Crippen LogP contribution in [-0.4, -0.2) is 40.5 Å². The standard InChI is InChI=1S/C27H25N3O4S/c1-17-11-18(2)13-19(12-17)30-26(32)21-7-3-4-8-22(21)29-27(30)35-16-25(31)28-14-20-15-33-23-9-5-6-10-24(23)34-20/h3-13,20H,14-16H2,1-2H3,(H,28,31). The summed E-state index contributed by atoms with van der Waals surface area (Å²) < 4.78 is 13.2. The Morgan fingerprint density at radius 1 is 1.06 bits per heavy atom. The first-order chi connectivity index (χ1) is 17.0. The number of aryl methyl sites for hydroxylation is 2. The van der Waals surface area contributed by atoms with Gasteiger partial charge in [0.2, 0.25) is 5.91 Å². The van der Waals surface area contributed by atoms with Gasteiger partial charge in [-0.25, -0.2) is 4.98 Å². The Morgan fingerprint density at radius 2 is 1.77 bits per heavy atom. The maximum absolute atomic E-state index is 13.4. The number of aromatic nitrogens is 2. The van der Waals surface area contributed by atoms with Crippen LogP contribution in [0, 0.1) is 13.8 Å². The lowest BCUT2D eigenvalue weighted by atomic mass is 10.1. The highest BCUT2D eigenvalue weighted by atomic mass is 32.2. The summed E-state index contributed by atoms with van der Waals surface area (Å²) in [5, 5.41) is 3.91. The van der Waals surface area contributed by atoms with Crippen LogP contribution in [0.5, 0.6) is 11.5 Å². The minimum atomic E-state index is -0.272. The topological polar surface area (TPSA) is 82.5 Å². The number of rotatable bonds is 6. The van der Waals surface area contributed by atoms with Crippen molar-refractivity contribution < 1.29 is 14.3 Å². The van der Waals surface area contributed by atoms with E-state index in [4.69, 9.17) is 14.5 Å². The molecule has 0 saturated carbocycles. The first kappa shape index (κ1) is 23.0. The average Bonchev–Trinajstić information content (AvgIpc) is 2.85. The summed E-state index contributed by atoms with van der Waals surface area (Å²) in [5.41, 5.74) is 3.28. The molecule has 178 valence electrons. The highest BCUT2D eigenvalue weighted by molar-refractivity contribution is 7.99. The predicted octanol–water partition coefficient (Wildman–Crippen LogP) is 4.05. The summed E-state index contributed by atoms with van der Waals surface area (Å²) in [6, 6.07) is 20.7. The second-order valence-corrected chi connectivity index (χ2v) is 9.43. The van der Waals surface area contributed by atoms with E-state index < -0.39 is 0 Å². The Hall–Kier alpha value is -3.78. The number of nitrogens with zero attached hydrogens (tertiary/aromatic N) is 2. The number of amides is 1. The third kappa shape index (κ3) is 5.02. The number of thioether (sulfide) groups is 1. The molecule has 1 aromatic heterocycles. The maximum atomic E-state index is 13.4. The van der Waals surface area contributed by atoms with E-state index in [1.54, 1.807) is 10.6 Å². The normalized spacial score (nSPS) is 14.6. The third-order valence-electron chi connectivity index (χ3n) is 5.64. The smallest absolute Gasteiger partial charge is 0.266 e. The Bertz CT molecular complexity index is 1450. The molecule has 1 amide bonds. The summed E-state index contributed by atoms with van der Waals surface area (Å²) in [4.78, 5) is 30.8. The summed E-state index contributed by atoms with van der Waals surface area (Å²) in [5.74, 6) is 1.31. The number of fused-ring (bicyclic) bond motifs is 2. The fourth-order valence-corrected chi connectivity index (χ4v) is 4.93. The molecular formula is C27H25N3O4S. The number of carbonyl (C=O) groups excluding carboxylic acids is 1. The quantitative estimate of drug-likeness (QED) is 0.326. The highest BCUT2D eigenvalue weighted by Gasteiger charge is 2.21. The van der Waals surface area contributed by atoms with Gasteiger partial charge in [-0.15, -0.1) is 0 Å². The van der Waals surface area contributed by atoms with Gasteiger partial charge in [0.1, 0.15) is 12.7 Å². The van der Waals surface area contributed by atoms with Crippen LogP contribution in [0.25, 0.3) is 16.6 Å². The molecule has 7 nitrogen and oxygen atoms in total. The Morgan fingerprint density at radius 3 is 2.57 bits per heavy atom. The minimum Gasteiger partial charge on any atom is -0.486 e. The van der Waals surface area contributed by atoms with Crippen LogP contribution in [-0.2, 0) is 4.79 Å². The van der Waals surface area contributed by atoms with Gasteiger partial charge >= 0.3 is 0 Å². The van der Waals surface area contributed by atoms with Crippen LogP contribution >= 0.6 is 11.8 Å². The molecule has 0 aliphatic carbocycles. The van der Waals surface area contributed by atoms with Crippen LogP contribution in [0.15, 0.2) is 76.7 Å². The Kier molecular flexibility index (Phi) is 6.46. The van der Waals surface area contributed by atoms with E-state index in [1.807, 2.05) is 68.4 Å². The number of para-hydroxylation sites is 3. The highest BCUT2D eigenvalue weighted by Crippen LogP contribution is 2.30. The zero-order valence-corrected chi connectivity index (χ0v) is 20.3. The van der Waals surface area contributed by atoms with E-state index in [0.29, 0.717) is 40.7 Å². The van der Waals surface area contributed by atoms with Crippen molar-refractivity contribution in [1.29, 1.82) is 0 Å². The fraction of sp³-hybridized carbons (Fsp3) is 0.222. The first-order valence-electron chi connectivity index (χ1n) is 11.4. The van der Waals surface area contributed by atoms with E-state index in [-0.39, 0.29) is 23.3 Å². The minimum absolute atomic E-state index is 0.111. The number of hydrogen-bond donors (Lipinski definition) is 1. The maximum Gasteiger partial charge on any atom is 0.266 e. The Labute approximate surface area is 207 Å². The largest absolute Gasteiger partial charge is 0.486 e. The molecule has 5 rings (SSSR count). The van der Waals surface area contributed by atoms with Crippen molar-refractivity contribution in [2.24, 2.45) is 0 Å². The number of ether oxygens (including phenoxy) is 2. The summed E-state index contributed by atoms with van der Waals surface area (Å²) in [7, 11) is 0. The molecule has 0 spiro atoms. The van der Waals surface area contributed by atoms with E-state index in [1.165, 1.54) is 11.8 Å². The first-order valence-corrected chi connectivity index (χ1v) is 12.3. The summed E-state index contributed by atoms with van der Waals surface area (Å²) in [6.45, 7) is 4.67. The fourth-order valence-electron chi connectivity index (χ4n) is 4.09. The van der Waals surface area contributed by atoms with Gasteiger partial charge < -0.3 is 14.8 Å². The van der Waals surface area contributed by atoms with Gasteiger partial charge in [-0.05, 0) is 61.4 Å². The number of nitrogens with one attached hydrogen (secondary N) is 1. The monoisotopic (exact) mass is 487 g/mol. The van der Waals surface area contributed by atoms with Gasteiger partial charge in [-0.1, -0.05) is 42.1 Å². The molecule has 0 fully saturated rings. The van der Waals surface area contributed by atoms with Gasteiger partial charge in [-0.3, -0.25) is 14.2 Å². The summed E-state index contributed by atoms with van der Waals surface area (Å²) in [6.07, 6.45) is -0.272. The Balaban J connectivity index is 1.33. The van der Waals surface area contributed by atoms with E-state index in [0.717, 1.165) is 16.8 Å². The lowest BCUT2D eigenvalue weighted by Gasteiger charge is -2.26. The van der Waals surface area contributed by atoms with Crippen molar-refractivity contribution in [3.05, 3.63) is 88.2 Å². The SMILES string of the molecule is Cc1cc(C)cc(-n2c(SCC(=O)NCC3COc4ccccc4O3)nc3ccccc3c2=O)c1. The van der Waals surface area contributed by atoms with Crippen molar-refractivity contribution in [3.63, 3.8) is 0 Å². The van der Waals surface area contributed by atoms with Crippen molar-refractivity contribution in [1.82, 2.24) is 14.9 Å². The molecule has 3 aromatic carbocycles. The molecule has 1 unspecified atom stereocenters. The molecule has 0 radical (unpaired) electrons. The number of hydrogen-bond acceptors (Lipinski definition) is 6. The summed E-state index contributed by atoms with van der Waals surface area (Å²) >= 11 is 1.23. The number of benzene rings is 3. The lowest BCUT2D eigenvalue weighted by molar-refractivity contribution is -0.119. The second-order valence-electron chi connectivity index (χ2n) is 8.49. The second kappa shape index (κ2) is 9.84. The van der Waals surface area contributed by atoms with E-state index in [2.05, 4.69) is 11.4 Å². The van der Waals surface area contributed by atoms with Crippen molar-refractivity contribution in [2.75, 3.05) is 18.9 Å². The van der Waals surface area contributed by atoms with E-state index in [9.17, 15) is 9.59 Å². The van der Waals surface area contributed by atoms with Crippen molar-refractivity contribution >= 4 is 28.6 Å². The zero-order valence-electron chi connectivity index (χ0n) is 19.5. The molecular weight excluding hydrogens is 462 g/mol. The van der Waals surface area contributed by atoms with Gasteiger partial charge in [0.25, 0.3) is 5.56 Å². The van der Waals surface area contributed by atoms with Crippen molar-refractivity contribution in [3.8, 4) is 17.2 Å². The van der Waals surface area contributed by atoms with Crippen molar-refractivity contribution in [2.45, 2.75) is 25.1 Å². The van der Waals surface area contributed by atoms with Crippen LogP contribution in [0.1, 0.15) is 11.1 Å². The molecule has 4 aromatic rings. The molecule has 35 heavy (non-hydrogen) atoms. The zero-order chi connectivity index (χ0) is 24.4. The van der Waals surface area contributed by atoms with Crippen LogP contribution in [0.3, 0.4) is 0 Å². The van der Waals surface area contributed by atoms with Gasteiger partial charge in [-0.2, -0.15) is 0 Å². The molecule has 8 heteroatoms. The lowest BCUT2D eigenvalue weighted by Crippen LogP contribution is -2.41. The molecule has 1 aliphatic rings. The van der Waals surface area contributed by atoms with Crippen LogP contribution in [0.2, 0.25) is 0 Å².